The highest BCUT2D eigenvalue weighted by Crippen LogP contribution is 2.35. The van der Waals surface area contributed by atoms with Crippen LogP contribution in [0, 0.1) is 5.92 Å². The smallest absolute Gasteiger partial charge is 0.231 e. The highest BCUT2D eigenvalue weighted by molar-refractivity contribution is 5.76. The Kier molecular flexibility index (Phi) is 5.09. The van der Waals surface area contributed by atoms with E-state index in [1.165, 1.54) is 0 Å². The molecule has 0 unspecified atom stereocenters. The number of ether oxygens (including phenoxy) is 4. The summed E-state index contributed by atoms with van der Waals surface area (Å²) in [6.45, 7) is 2.65. The second-order valence-electron chi connectivity index (χ2n) is 8.16. The molecule has 9 nitrogen and oxygen atoms in total. The number of likely N-dealkylation sites (tertiary alicyclic amines) is 1. The van der Waals surface area contributed by atoms with E-state index in [9.17, 15) is 9.90 Å². The Hall–Kier alpha value is -1.91. The number of benzene rings is 1. The number of nitrogens with two attached hydrogens (primary N) is 1. The predicted molar refractivity (Wildman–Crippen MR) is 101 cm³/mol. The van der Waals surface area contributed by atoms with E-state index in [0.717, 1.165) is 17.1 Å². The number of amides is 1. The van der Waals surface area contributed by atoms with Crippen LogP contribution in [-0.2, 0) is 20.8 Å². The minimum absolute atomic E-state index is 0.0925. The van der Waals surface area contributed by atoms with Crippen LogP contribution in [0.1, 0.15) is 18.4 Å². The largest absolute Gasteiger partial charge is 0.454 e. The zero-order valence-corrected chi connectivity index (χ0v) is 16.2. The fourth-order valence-corrected chi connectivity index (χ4v) is 4.81. The molecule has 1 amide bonds. The van der Waals surface area contributed by atoms with E-state index < -0.39 is 12.4 Å². The van der Waals surface area contributed by atoms with Crippen molar-refractivity contribution in [3.63, 3.8) is 0 Å². The molecule has 0 aliphatic carbocycles. The van der Waals surface area contributed by atoms with Gasteiger partial charge in [0.05, 0.1) is 24.8 Å². The van der Waals surface area contributed by atoms with Crippen molar-refractivity contribution in [3.8, 4) is 11.5 Å². The minimum atomic E-state index is -0.639. The molecule has 9 heteroatoms. The van der Waals surface area contributed by atoms with Crippen molar-refractivity contribution in [1.82, 2.24) is 10.2 Å². The average molecular weight is 405 g/mol. The van der Waals surface area contributed by atoms with E-state index in [4.69, 9.17) is 24.7 Å². The number of aliphatic hydroxyl groups excluding tert-OH is 1. The Balaban J connectivity index is 1.25. The highest BCUT2D eigenvalue weighted by Gasteiger charge is 2.52. The van der Waals surface area contributed by atoms with E-state index in [-0.39, 0.29) is 36.8 Å². The maximum Gasteiger partial charge on any atom is 0.231 e. The first-order valence-corrected chi connectivity index (χ1v) is 10.2. The van der Waals surface area contributed by atoms with Gasteiger partial charge in [-0.1, -0.05) is 6.07 Å². The number of aliphatic hydroxyl groups is 1. The summed E-state index contributed by atoms with van der Waals surface area (Å²) >= 11 is 0. The molecule has 1 aromatic carbocycles. The molecular weight excluding hydrogens is 378 g/mol. The van der Waals surface area contributed by atoms with Crippen LogP contribution in [0.25, 0.3) is 0 Å². The van der Waals surface area contributed by atoms with Gasteiger partial charge in [-0.15, -0.1) is 0 Å². The van der Waals surface area contributed by atoms with Gasteiger partial charge in [-0.2, -0.15) is 0 Å². The summed E-state index contributed by atoms with van der Waals surface area (Å²) in [5.74, 6) is 1.15. The topological polar surface area (TPSA) is 116 Å². The molecule has 0 spiro atoms. The van der Waals surface area contributed by atoms with Crippen LogP contribution in [0.4, 0.5) is 0 Å². The molecule has 0 aromatic heterocycles. The summed E-state index contributed by atoms with van der Waals surface area (Å²) in [5, 5.41) is 14.6. The lowest BCUT2D eigenvalue weighted by molar-refractivity contribution is -0.186. The molecule has 5 atom stereocenters. The molecule has 2 bridgehead atoms. The maximum absolute atomic E-state index is 11.4. The van der Waals surface area contributed by atoms with Gasteiger partial charge in [0.2, 0.25) is 12.7 Å². The Bertz CT molecular complexity index is 769. The minimum Gasteiger partial charge on any atom is -0.454 e. The number of primary amides is 1. The molecule has 4 heterocycles. The normalized spacial score (nSPS) is 34.4. The molecule has 1 aromatic rings. The lowest BCUT2D eigenvalue weighted by atomic mass is 9.90. The summed E-state index contributed by atoms with van der Waals surface area (Å²) in [7, 11) is 0. The van der Waals surface area contributed by atoms with Crippen molar-refractivity contribution in [2.75, 3.05) is 26.5 Å². The molecule has 4 aliphatic rings. The quantitative estimate of drug-likeness (QED) is 0.604. The number of fused-ring (bicyclic) bond motifs is 3. The maximum atomic E-state index is 11.4. The van der Waals surface area contributed by atoms with Crippen molar-refractivity contribution in [2.45, 2.75) is 50.0 Å². The lowest BCUT2D eigenvalue weighted by Gasteiger charge is -2.46. The first-order chi connectivity index (χ1) is 14.1. The highest BCUT2D eigenvalue weighted by atomic mass is 16.7. The van der Waals surface area contributed by atoms with Crippen LogP contribution >= 0.6 is 0 Å². The van der Waals surface area contributed by atoms with E-state index in [0.29, 0.717) is 39.1 Å². The van der Waals surface area contributed by atoms with Gasteiger partial charge < -0.3 is 35.1 Å². The molecule has 4 N–H and O–H groups in total. The van der Waals surface area contributed by atoms with Crippen molar-refractivity contribution in [3.05, 3.63) is 23.8 Å². The number of hydrogen-bond donors (Lipinski definition) is 3. The summed E-state index contributed by atoms with van der Waals surface area (Å²) in [6, 6.07) is 5.31. The number of hydrogen-bond acceptors (Lipinski definition) is 8. The Morgan fingerprint density at radius 3 is 2.83 bits per heavy atom. The van der Waals surface area contributed by atoms with Crippen molar-refractivity contribution >= 4 is 5.91 Å². The van der Waals surface area contributed by atoms with Crippen LogP contribution in [0.15, 0.2) is 18.2 Å². The third kappa shape index (κ3) is 3.57. The number of nitrogens with zero attached hydrogens (tertiary/aromatic N) is 1. The van der Waals surface area contributed by atoms with Crippen LogP contribution < -0.4 is 20.5 Å². The van der Waals surface area contributed by atoms with Crippen LogP contribution in [0.2, 0.25) is 0 Å². The third-order valence-electron chi connectivity index (χ3n) is 6.46. The zero-order valence-electron chi connectivity index (χ0n) is 16.2. The first-order valence-electron chi connectivity index (χ1n) is 10.2. The number of piperidine rings is 1. The van der Waals surface area contributed by atoms with E-state index in [2.05, 4.69) is 10.2 Å². The van der Waals surface area contributed by atoms with Crippen molar-refractivity contribution in [2.24, 2.45) is 11.7 Å². The van der Waals surface area contributed by atoms with Gasteiger partial charge in [0.15, 0.2) is 17.8 Å². The predicted octanol–water partition coefficient (Wildman–Crippen LogP) is -0.445. The second-order valence-corrected chi connectivity index (χ2v) is 8.16. The van der Waals surface area contributed by atoms with Gasteiger partial charge in [-0.25, -0.2) is 0 Å². The van der Waals surface area contributed by atoms with Gasteiger partial charge in [0.1, 0.15) is 6.10 Å². The van der Waals surface area contributed by atoms with Gasteiger partial charge in [-0.05, 0) is 43.6 Å². The molecule has 0 radical (unpaired) electrons. The van der Waals surface area contributed by atoms with Crippen LogP contribution in [0.3, 0.4) is 0 Å². The Morgan fingerprint density at radius 1 is 1.24 bits per heavy atom. The van der Waals surface area contributed by atoms with Gasteiger partial charge in [0.25, 0.3) is 0 Å². The molecule has 4 aliphatic heterocycles. The second kappa shape index (κ2) is 7.73. The molecule has 29 heavy (non-hydrogen) atoms. The summed E-state index contributed by atoms with van der Waals surface area (Å²) in [4.78, 5) is 13.6. The standard InChI is InChI=1S/C20H27N3O6/c21-19(25)12-3-5-23(6-4-12)17-18(24)16(15-9-26-20(17)29-15)22-8-11-1-2-13-14(7-11)28-10-27-13/h1-2,7,12,15-18,20,22,24H,3-6,8-10H2,(H2,21,25)/t15-,16-,17+,18-,20+/m0/s1. The molecule has 158 valence electrons. The fraction of sp³-hybridized carbons (Fsp3) is 0.650. The first kappa shape index (κ1) is 19.1. The molecular formula is C20H27N3O6. The SMILES string of the molecule is NC(=O)C1CCN([C@H]2[C@@H]3OC[C@H](O3)[C@H](NCc3ccc4c(c3)OCO4)[C@@H]2O)CC1. The van der Waals surface area contributed by atoms with Crippen LogP contribution in [0.5, 0.6) is 11.5 Å². The molecule has 3 fully saturated rings. The number of nitrogens with one attached hydrogen (secondary N) is 1. The van der Waals surface area contributed by atoms with Crippen molar-refractivity contribution < 1.29 is 28.8 Å². The van der Waals surface area contributed by atoms with Crippen LogP contribution in [-0.4, -0.2) is 73.0 Å². The van der Waals surface area contributed by atoms with Gasteiger partial charge in [-0.3, -0.25) is 9.69 Å². The molecule has 5 rings (SSSR count). The number of rotatable bonds is 5. The zero-order chi connectivity index (χ0) is 20.0. The molecule has 3 saturated heterocycles. The van der Waals surface area contributed by atoms with E-state index in [1.807, 2.05) is 18.2 Å². The Morgan fingerprint density at radius 2 is 2.03 bits per heavy atom. The summed E-state index contributed by atoms with van der Waals surface area (Å²) < 4.78 is 22.7. The van der Waals surface area contributed by atoms with E-state index in [1.54, 1.807) is 0 Å². The average Bonchev–Trinajstić information content (AvgIpc) is 3.36. The molecule has 0 saturated carbocycles. The lowest BCUT2D eigenvalue weighted by Crippen LogP contribution is -2.65. The van der Waals surface area contributed by atoms with Crippen molar-refractivity contribution in [1.29, 1.82) is 0 Å². The summed E-state index contributed by atoms with van der Waals surface area (Å²) in [5.41, 5.74) is 6.49. The summed E-state index contributed by atoms with van der Waals surface area (Å²) in [6.07, 6.45) is 0.126. The monoisotopic (exact) mass is 405 g/mol. The van der Waals surface area contributed by atoms with Gasteiger partial charge >= 0.3 is 0 Å². The van der Waals surface area contributed by atoms with E-state index >= 15 is 0 Å². The number of carbonyl (C=O) groups is 1. The Labute approximate surface area is 169 Å². The van der Waals surface area contributed by atoms with Gasteiger partial charge in [0, 0.05) is 12.5 Å². The third-order valence-corrected chi connectivity index (χ3v) is 6.46. The number of carbonyl (C=O) groups excluding carboxylic acids is 1. The fourth-order valence-electron chi connectivity index (χ4n) is 4.81.